The first-order chi connectivity index (χ1) is 3.06. The zero-order valence-electron chi connectivity index (χ0n) is 6.71. The van der Waals surface area contributed by atoms with Crippen LogP contribution in [0.5, 0.6) is 0 Å². The van der Waals surface area contributed by atoms with E-state index in [1.165, 1.54) is 12.8 Å². The van der Waals surface area contributed by atoms with E-state index in [9.17, 15) is 0 Å². The van der Waals surface area contributed by atoms with Gasteiger partial charge in [0.05, 0.1) is 0 Å². The van der Waals surface area contributed by atoms with Crippen molar-refractivity contribution in [2.45, 2.75) is 33.6 Å². The number of hydrogen-bond donors (Lipinski definition) is 0. The third-order valence-electron chi connectivity index (χ3n) is 0.927. The number of hydrogen-bond acceptors (Lipinski definition) is 0. The molecule has 0 saturated heterocycles. The van der Waals surface area contributed by atoms with Crippen molar-refractivity contribution in [3.63, 3.8) is 0 Å². The topological polar surface area (TPSA) is 0 Å². The van der Waals surface area contributed by atoms with Gasteiger partial charge in [-0.2, -0.15) is 5.41 Å². The van der Waals surface area contributed by atoms with Crippen LogP contribution in [0, 0.1) is 12.3 Å². The van der Waals surface area contributed by atoms with Crippen LogP contribution < -0.4 is 17.0 Å². The van der Waals surface area contributed by atoms with Crippen LogP contribution in [0.15, 0.2) is 0 Å². The van der Waals surface area contributed by atoms with E-state index in [4.69, 9.17) is 0 Å². The van der Waals surface area contributed by atoms with Gasteiger partial charge in [-0.1, -0.05) is 33.6 Å². The summed E-state index contributed by atoms with van der Waals surface area (Å²) in [6.07, 6.45) is 2.48. The summed E-state index contributed by atoms with van der Waals surface area (Å²) >= 11 is 0. The normalized spacial score (nSPS) is 9.33. The second-order valence-electron chi connectivity index (χ2n) is 2.91. The van der Waals surface area contributed by atoms with Crippen molar-refractivity contribution >= 4 is 0 Å². The van der Waals surface area contributed by atoms with Gasteiger partial charge in [-0.25, -0.2) is 0 Å². The quantitative estimate of drug-likeness (QED) is 0.460. The molecule has 52 valence electrons. The second-order valence-corrected chi connectivity index (χ2v) is 2.91. The van der Waals surface area contributed by atoms with E-state index in [0.717, 1.165) is 0 Å². The van der Waals surface area contributed by atoms with Crippen LogP contribution in [-0.4, -0.2) is 0 Å². The molecular formula is C7H15BrZn. The molecule has 0 aromatic heterocycles. The Morgan fingerprint density at radius 2 is 1.67 bits per heavy atom. The van der Waals surface area contributed by atoms with Crippen LogP contribution in [0.1, 0.15) is 33.6 Å². The van der Waals surface area contributed by atoms with Gasteiger partial charge in [0.2, 0.25) is 0 Å². The van der Waals surface area contributed by atoms with Gasteiger partial charge in [-0.15, -0.1) is 0 Å². The molecule has 0 spiro atoms. The van der Waals surface area contributed by atoms with Gasteiger partial charge >= 0.3 is 19.5 Å². The molecule has 0 aliphatic heterocycles. The maximum Gasteiger partial charge on any atom is 2.00 e. The Kier molecular flexibility index (Phi) is 13.3. The average Bonchev–Trinajstić information content (AvgIpc) is 1.30. The number of rotatable bonds is 2. The molecule has 0 heterocycles. The molecular weight excluding hydrogens is 229 g/mol. The molecule has 0 unspecified atom stereocenters. The Morgan fingerprint density at radius 1 is 1.33 bits per heavy atom. The van der Waals surface area contributed by atoms with Crippen LogP contribution in [-0.2, 0) is 19.5 Å². The molecule has 0 atom stereocenters. The molecule has 0 aliphatic carbocycles. The Balaban J connectivity index is -0.000000180. The van der Waals surface area contributed by atoms with Crippen LogP contribution in [0.25, 0.3) is 0 Å². The smallest absolute Gasteiger partial charge is 1.00 e. The van der Waals surface area contributed by atoms with Gasteiger partial charge in [0, 0.05) is 0 Å². The minimum Gasteiger partial charge on any atom is -1.00 e. The van der Waals surface area contributed by atoms with E-state index in [1.807, 2.05) is 0 Å². The molecule has 0 nitrogen and oxygen atoms in total. The molecule has 9 heavy (non-hydrogen) atoms. The second kappa shape index (κ2) is 7.21. The van der Waals surface area contributed by atoms with Crippen molar-refractivity contribution in [3.8, 4) is 0 Å². The molecule has 0 saturated carbocycles. The average molecular weight is 244 g/mol. The SMILES string of the molecule is [Br-].[CH2-]C(C)(C)CCC.[Zn+2]. The maximum absolute atomic E-state index is 3.96. The first kappa shape index (κ1) is 16.6. The molecule has 0 N–H and O–H groups in total. The number of halogens is 1. The summed E-state index contributed by atoms with van der Waals surface area (Å²) in [7, 11) is 0. The molecule has 0 amide bonds. The molecule has 0 bridgehead atoms. The predicted molar refractivity (Wildman–Crippen MR) is 34.0 cm³/mol. The zero-order valence-corrected chi connectivity index (χ0v) is 11.3. The van der Waals surface area contributed by atoms with Gasteiger partial charge in [0.15, 0.2) is 0 Å². The summed E-state index contributed by atoms with van der Waals surface area (Å²) in [5.74, 6) is 0. The molecule has 0 rings (SSSR count). The van der Waals surface area contributed by atoms with Crippen LogP contribution in [0.4, 0.5) is 0 Å². The van der Waals surface area contributed by atoms with Gasteiger partial charge in [-0.05, 0) is 0 Å². The summed E-state index contributed by atoms with van der Waals surface area (Å²) in [6.45, 7) is 10.5. The molecule has 0 aromatic carbocycles. The Labute approximate surface area is 82.3 Å². The summed E-state index contributed by atoms with van der Waals surface area (Å²) in [4.78, 5) is 0. The van der Waals surface area contributed by atoms with Crippen molar-refractivity contribution in [1.29, 1.82) is 0 Å². The Hall–Kier alpha value is 1.10. The fourth-order valence-corrected chi connectivity index (χ4v) is 0.677. The van der Waals surface area contributed by atoms with E-state index >= 15 is 0 Å². The largest absolute Gasteiger partial charge is 2.00 e. The van der Waals surface area contributed by atoms with E-state index in [1.54, 1.807) is 0 Å². The van der Waals surface area contributed by atoms with Crippen molar-refractivity contribution in [3.05, 3.63) is 6.92 Å². The standard InChI is InChI=1S/C7H15.BrH.Zn/c1-5-6-7(2,3)4;;/h2,5-6H2,1,3-4H3;1H;/q-1;;+2/p-1. The van der Waals surface area contributed by atoms with Gasteiger partial charge in [0.1, 0.15) is 0 Å². The summed E-state index contributed by atoms with van der Waals surface area (Å²) in [6, 6.07) is 0. The van der Waals surface area contributed by atoms with Crippen molar-refractivity contribution in [1.82, 2.24) is 0 Å². The minimum atomic E-state index is 0. The van der Waals surface area contributed by atoms with Crippen LogP contribution in [0.3, 0.4) is 0 Å². The van der Waals surface area contributed by atoms with Crippen LogP contribution >= 0.6 is 0 Å². The zero-order chi connectivity index (χ0) is 5.91. The predicted octanol–water partition coefficient (Wildman–Crippen LogP) is -0.352. The Bertz CT molecular complexity index is 47.4. The molecule has 0 aromatic rings. The van der Waals surface area contributed by atoms with E-state index in [2.05, 4.69) is 27.7 Å². The first-order valence-electron chi connectivity index (χ1n) is 2.91. The van der Waals surface area contributed by atoms with Gasteiger partial charge < -0.3 is 23.9 Å². The van der Waals surface area contributed by atoms with Gasteiger partial charge in [-0.3, -0.25) is 0 Å². The van der Waals surface area contributed by atoms with E-state index < -0.39 is 0 Å². The van der Waals surface area contributed by atoms with Gasteiger partial charge in [0.25, 0.3) is 0 Å². The third kappa shape index (κ3) is 17.6. The van der Waals surface area contributed by atoms with Crippen LogP contribution in [0.2, 0.25) is 0 Å². The fourth-order valence-electron chi connectivity index (χ4n) is 0.677. The monoisotopic (exact) mass is 242 g/mol. The third-order valence-corrected chi connectivity index (χ3v) is 0.927. The summed E-state index contributed by atoms with van der Waals surface area (Å²) in [5, 5.41) is 0. The van der Waals surface area contributed by atoms with E-state index in [-0.39, 0.29) is 36.5 Å². The van der Waals surface area contributed by atoms with Crippen molar-refractivity contribution in [2.24, 2.45) is 5.41 Å². The summed E-state index contributed by atoms with van der Waals surface area (Å²) < 4.78 is 0. The maximum atomic E-state index is 3.96. The molecule has 2 heteroatoms. The molecule has 0 radical (unpaired) electrons. The summed E-state index contributed by atoms with van der Waals surface area (Å²) in [5.41, 5.74) is 0.300. The van der Waals surface area contributed by atoms with Crippen molar-refractivity contribution in [2.75, 3.05) is 0 Å². The van der Waals surface area contributed by atoms with Crippen molar-refractivity contribution < 1.29 is 36.5 Å². The minimum absolute atomic E-state index is 0. The Morgan fingerprint density at radius 3 is 1.67 bits per heavy atom. The molecule has 0 fully saturated rings. The van der Waals surface area contributed by atoms with E-state index in [0.29, 0.717) is 5.41 Å². The fraction of sp³-hybridized carbons (Fsp3) is 0.857. The first-order valence-corrected chi connectivity index (χ1v) is 2.91. The molecule has 0 aliphatic rings.